The number of likely N-dealkylation sites (tertiary alicyclic amines) is 1. The summed E-state index contributed by atoms with van der Waals surface area (Å²) < 4.78 is 0. The molecule has 3 aliphatic rings. The van der Waals surface area contributed by atoms with Crippen LogP contribution in [0.1, 0.15) is 37.7 Å². The Kier molecular flexibility index (Phi) is 4.58. The van der Waals surface area contributed by atoms with Crippen LogP contribution in [-0.2, 0) is 4.79 Å². The lowest BCUT2D eigenvalue weighted by Crippen LogP contribution is -2.61. The Hall–Kier alpha value is -2.13. The lowest BCUT2D eigenvalue weighted by atomic mass is 9.86. The fraction of sp³-hybridized carbons (Fsp3) is 0.650. The molecule has 0 aromatic carbocycles. The van der Waals surface area contributed by atoms with Crippen molar-refractivity contribution in [3.63, 3.8) is 0 Å². The van der Waals surface area contributed by atoms with E-state index >= 15 is 0 Å². The zero-order chi connectivity index (χ0) is 18.1. The number of piperazine rings is 1. The van der Waals surface area contributed by atoms with Gasteiger partial charge in [0.2, 0.25) is 5.91 Å². The maximum atomic E-state index is 12.6. The number of carbonyl (C=O) groups excluding carboxylic acids is 1. The minimum absolute atomic E-state index is 0.0174. The van der Waals surface area contributed by atoms with Crippen molar-refractivity contribution >= 4 is 11.7 Å². The smallest absolute Gasteiger partial charge is 0.222 e. The summed E-state index contributed by atoms with van der Waals surface area (Å²) in [5.41, 5.74) is 0.614. The Balaban J connectivity index is 1.54. The number of amides is 1. The zero-order valence-electron chi connectivity index (χ0n) is 15.5. The van der Waals surface area contributed by atoms with Crippen LogP contribution in [0.15, 0.2) is 18.3 Å². The Bertz CT molecular complexity index is 725. The van der Waals surface area contributed by atoms with Crippen LogP contribution < -0.4 is 4.90 Å². The lowest BCUT2D eigenvalue weighted by molar-refractivity contribution is -0.130. The van der Waals surface area contributed by atoms with E-state index < -0.39 is 0 Å². The minimum Gasteiger partial charge on any atom is -0.352 e. The molecule has 1 spiro atoms. The van der Waals surface area contributed by atoms with Gasteiger partial charge in [-0.3, -0.25) is 9.69 Å². The lowest BCUT2D eigenvalue weighted by Gasteiger charge is -2.49. The third-order valence-electron chi connectivity index (χ3n) is 6.39. The Morgan fingerprint density at radius 3 is 2.92 bits per heavy atom. The van der Waals surface area contributed by atoms with Gasteiger partial charge in [-0.25, -0.2) is 4.98 Å². The normalized spacial score (nSPS) is 27.5. The minimum atomic E-state index is -0.0174. The molecule has 0 unspecified atom stereocenters. The summed E-state index contributed by atoms with van der Waals surface area (Å²) in [6, 6.07) is 5.92. The van der Waals surface area contributed by atoms with E-state index in [1.807, 2.05) is 12.1 Å². The predicted molar refractivity (Wildman–Crippen MR) is 99.7 cm³/mol. The molecule has 0 N–H and O–H groups in total. The first-order chi connectivity index (χ1) is 12.6. The summed E-state index contributed by atoms with van der Waals surface area (Å²) in [6.45, 7) is 4.42. The molecule has 1 aliphatic carbocycles. The van der Waals surface area contributed by atoms with E-state index in [1.165, 1.54) is 12.8 Å². The SMILES string of the molecule is CN1CCN(c2ncccc2C#N)C[C@]12CCC(=O)N(CC1CC1)CC2. The highest BCUT2D eigenvalue weighted by Gasteiger charge is 2.43. The Labute approximate surface area is 155 Å². The fourth-order valence-electron chi connectivity index (χ4n) is 4.42. The number of carbonyl (C=O) groups is 1. The van der Waals surface area contributed by atoms with E-state index in [9.17, 15) is 10.1 Å². The monoisotopic (exact) mass is 353 g/mol. The van der Waals surface area contributed by atoms with Crippen LogP contribution in [0.4, 0.5) is 5.82 Å². The second kappa shape index (κ2) is 6.88. The van der Waals surface area contributed by atoms with Crippen LogP contribution in [0.5, 0.6) is 0 Å². The summed E-state index contributed by atoms with van der Waals surface area (Å²) in [5.74, 6) is 1.84. The highest BCUT2D eigenvalue weighted by molar-refractivity contribution is 5.76. The van der Waals surface area contributed by atoms with Crippen molar-refractivity contribution in [1.82, 2.24) is 14.8 Å². The first-order valence-corrected chi connectivity index (χ1v) is 9.70. The molecule has 2 saturated heterocycles. The van der Waals surface area contributed by atoms with E-state index in [2.05, 4.69) is 32.8 Å². The third-order valence-corrected chi connectivity index (χ3v) is 6.39. The Morgan fingerprint density at radius 1 is 1.31 bits per heavy atom. The number of pyridine rings is 1. The summed E-state index contributed by atoms with van der Waals surface area (Å²) in [5, 5.41) is 9.43. The largest absolute Gasteiger partial charge is 0.352 e. The molecule has 2 aliphatic heterocycles. The van der Waals surface area contributed by atoms with Gasteiger partial charge in [-0.15, -0.1) is 0 Å². The fourth-order valence-corrected chi connectivity index (χ4v) is 4.42. The Morgan fingerprint density at radius 2 is 2.15 bits per heavy atom. The molecule has 0 radical (unpaired) electrons. The van der Waals surface area contributed by atoms with Gasteiger partial charge in [-0.2, -0.15) is 5.26 Å². The van der Waals surface area contributed by atoms with Crippen molar-refractivity contribution in [2.75, 3.05) is 44.7 Å². The van der Waals surface area contributed by atoms with Crippen LogP contribution in [0.2, 0.25) is 0 Å². The molecule has 6 nitrogen and oxygen atoms in total. The van der Waals surface area contributed by atoms with Crippen molar-refractivity contribution < 1.29 is 4.79 Å². The third kappa shape index (κ3) is 3.28. The van der Waals surface area contributed by atoms with Crippen molar-refractivity contribution in [1.29, 1.82) is 5.26 Å². The zero-order valence-corrected chi connectivity index (χ0v) is 15.5. The summed E-state index contributed by atoms with van der Waals surface area (Å²) in [7, 11) is 2.18. The first-order valence-electron chi connectivity index (χ1n) is 9.70. The molecular formula is C20H27N5O. The van der Waals surface area contributed by atoms with Crippen molar-refractivity contribution in [2.45, 2.75) is 37.6 Å². The predicted octanol–water partition coefficient (Wildman–Crippen LogP) is 1.87. The van der Waals surface area contributed by atoms with Gasteiger partial charge in [0.15, 0.2) is 0 Å². The molecule has 1 aromatic heterocycles. The number of aromatic nitrogens is 1. The van der Waals surface area contributed by atoms with E-state index in [0.29, 0.717) is 17.9 Å². The average molecular weight is 353 g/mol. The summed E-state index contributed by atoms with van der Waals surface area (Å²) in [4.78, 5) is 23.9. The van der Waals surface area contributed by atoms with Crippen LogP contribution in [0.25, 0.3) is 0 Å². The van der Waals surface area contributed by atoms with Crippen LogP contribution in [-0.4, -0.2) is 66.0 Å². The standard InChI is InChI=1S/C20H27N5O/c1-23-11-12-25(19-17(13-21)3-2-9-22-19)15-20(23)7-6-18(26)24(10-8-20)14-16-4-5-16/h2-3,9,16H,4-8,10-12,14-15H2,1H3/t20-/m1/s1. The topological polar surface area (TPSA) is 63.5 Å². The molecule has 26 heavy (non-hydrogen) atoms. The molecule has 1 saturated carbocycles. The van der Waals surface area contributed by atoms with E-state index in [0.717, 1.165) is 57.3 Å². The molecule has 1 aromatic rings. The van der Waals surface area contributed by atoms with Gasteiger partial charge < -0.3 is 9.80 Å². The number of rotatable bonds is 3. The molecule has 3 heterocycles. The molecule has 138 valence electrons. The number of nitrogens with zero attached hydrogens (tertiary/aromatic N) is 5. The molecule has 6 heteroatoms. The number of nitriles is 1. The van der Waals surface area contributed by atoms with Gasteiger partial charge in [0.05, 0.1) is 5.56 Å². The molecule has 0 bridgehead atoms. The first kappa shape index (κ1) is 17.3. The van der Waals surface area contributed by atoms with Crippen molar-refractivity contribution in [2.24, 2.45) is 5.92 Å². The van der Waals surface area contributed by atoms with E-state index in [-0.39, 0.29) is 5.54 Å². The van der Waals surface area contributed by atoms with Crippen LogP contribution >= 0.6 is 0 Å². The molecular weight excluding hydrogens is 326 g/mol. The van der Waals surface area contributed by atoms with Crippen LogP contribution in [0.3, 0.4) is 0 Å². The van der Waals surface area contributed by atoms with Gasteiger partial charge in [0.1, 0.15) is 11.9 Å². The molecule has 1 amide bonds. The van der Waals surface area contributed by atoms with Crippen molar-refractivity contribution in [3.05, 3.63) is 23.9 Å². The van der Waals surface area contributed by atoms with Gasteiger partial charge in [-0.1, -0.05) is 0 Å². The second-order valence-corrected chi connectivity index (χ2v) is 8.09. The average Bonchev–Trinajstić information content (AvgIpc) is 3.50. The number of anilines is 1. The van der Waals surface area contributed by atoms with E-state index in [4.69, 9.17) is 0 Å². The highest BCUT2D eigenvalue weighted by atomic mass is 16.2. The molecule has 4 rings (SSSR count). The maximum Gasteiger partial charge on any atom is 0.222 e. The van der Waals surface area contributed by atoms with Gasteiger partial charge in [0, 0.05) is 50.9 Å². The quantitative estimate of drug-likeness (QED) is 0.830. The van der Waals surface area contributed by atoms with Gasteiger partial charge in [-0.05, 0) is 50.8 Å². The highest BCUT2D eigenvalue weighted by Crippen LogP contribution is 2.36. The van der Waals surface area contributed by atoms with Crippen LogP contribution in [0, 0.1) is 17.2 Å². The second-order valence-electron chi connectivity index (χ2n) is 8.09. The van der Waals surface area contributed by atoms with Gasteiger partial charge >= 0.3 is 0 Å². The van der Waals surface area contributed by atoms with E-state index in [1.54, 1.807) is 6.20 Å². The van der Waals surface area contributed by atoms with Gasteiger partial charge in [0.25, 0.3) is 0 Å². The number of hydrogen-bond donors (Lipinski definition) is 0. The van der Waals surface area contributed by atoms with Crippen molar-refractivity contribution in [3.8, 4) is 6.07 Å². The number of likely N-dealkylation sites (N-methyl/N-ethyl adjacent to an activating group) is 1. The summed E-state index contributed by atoms with van der Waals surface area (Å²) >= 11 is 0. The molecule has 1 atom stereocenters. The summed E-state index contributed by atoms with van der Waals surface area (Å²) in [6.07, 6.45) is 6.81. The molecule has 3 fully saturated rings. The maximum absolute atomic E-state index is 12.6. The number of hydrogen-bond acceptors (Lipinski definition) is 5.